The molecule has 0 aromatic carbocycles. The molecule has 1 aliphatic carbocycles. The van der Waals surface area contributed by atoms with Crippen molar-refractivity contribution in [2.45, 2.75) is 50.6 Å². The largest absolute Gasteiger partial charge is 0.381 e. The number of nitrogens with one attached hydrogen (secondary N) is 1. The molecular formula is C16H24N4O3. The van der Waals surface area contributed by atoms with E-state index >= 15 is 0 Å². The van der Waals surface area contributed by atoms with Gasteiger partial charge in [0, 0.05) is 25.8 Å². The summed E-state index contributed by atoms with van der Waals surface area (Å²) in [5.41, 5.74) is 0. The number of aromatic nitrogens is 2. The fourth-order valence-electron chi connectivity index (χ4n) is 3.53. The predicted molar refractivity (Wildman–Crippen MR) is 81.9 cm³/mol. The van der Waals surface area contributed by atoms with E-state index in [4.69, 9.17) is 9.26 Å². The molecule has 0 spiro atoms. The van der Waals surface area contributed by atoms with Gasteiger partial charge in [0.2, 0.25) is 5.89 Å². The normalized spacial score (nSPS) is 26.5. The lowest BCUT2D eigenvalue weighted by molar-refractivity contribution is 0.0485. The molecule has 23 heavy (non-hydrogen) atoms. The molecule has 3 aliphatic rings. The molecule has 1 saturated carbocycles. The highest BCUT2D eigenvalue weighted by Gasteiger charge is 2.33. The smallest absolute Gasteiger partial charge is 0.292 e. The highest BCUT2D eigenvalue weighted by Crippen LogP contribution is 2.32. The SMILES string of the molecule is O=C(NC1CC1)c1noc([C@@H]2CCCN2CC2CCOCC2)n1. The second-order valence-corrected chi connectivity index (χ2v) is 6.91. The number of carbonyl (C=O) groups excluding carboxylic acids is 1. The number of hydrogen-bond donors (Lipinski definition) is 1. The summed E-state index contributed by atoms with van der Waals surface area (Å²) in [6, 6.07) is 0.466. The van der Waals surface area contributed by atoms with Crippen LogP contribution in [-0.2, 0) is 4.74 Å². The van der Waals surface area contributed by atoms with Gasteiger partial charge in [0.15, 0.2) is 0 Å². The molecule has 3 fully saturated rings. The summed E-state index contributed by atoms with van der Waals surface area (Å²) in [7, 11) is 0. The van der Waals surface area contributed by atoms with E-state index in [2.05, 4.69) is 20.4 Å². The van der Waals surface area contributed by atoms with Crippen molar-refractivity contribution in [3.8, 4) is 0 Å². The standard InChI is InChI=1S/C16H24N4O3/c21-15(17-12-3-4-12)14-18-16(23-19-14)13-2-1-7-20(13)10-11-5-8-22-9-6-11/h11-13H,1-10H2,(H,17,21)/t13-/m0/s1. The van der Waals surface area contributed by atoms with Crippen LogP contribution in [0.3, 0.4) is 0 Å². The Bertz CT molecular complexity index is 551. The Labute approximate surface area is 135 Å². The lowest BCUT2D eigenvalue weighted by Crippen LogP contribution is -2.32. The Morgan fingerprint density at radius 2 is 2.04 bits per heavy atom. The van der Waals surface area contributed by atoms with Gasteiger partial charge in [-0.15, -0.1) is 0 Å². The van der Waals surface area contributed by atoms with Crippen LogP contribution in [-0.4, -0.2) is 53.3 Å². The average Bonchev–Trinajstić information content (AvgIpc) is 3.07. The monoisotopic (exact) mass is 320 g/mol. The molecule has 2 aliphatic heterocycles. The highest BCUT2D eigenvalue weighted by atomic mass is 16.5. The lowest BCUT2D eigenvalue weighted by atomic mass is 9.99. The van der Waals surface area contributed by atoms with E-state index in [0.717, 1.165) is 64.8 Å². The van der Waals surface area contributed by atoms with E-state index < -0.39 is 0 Å². The molecule has 1 aromatic rings. The van der Waals surface area contributed by atoms with Crippen molar-refractivity contribution in [2.75, 3.05) is 26.3 Å². The number of likely N-dealkylation sites (tertiary alicyclic amines) is 1. The summed E-state index contributed by atoms with van der Waals surface area (Å²) in [6.07, 6.45) is 6.52. The molecule has 1 amide bonds. The van der Waals surface area contributed by atoms with E-state index in [9.17, 15) is 4.79 Å². The fraction of sp³-hybridized carbons (Fsp3) is 0.812. The van der Waals surface area contributed by atoms with Crippen LogP contribution in [0.2, 0.25) is 0 Å². The van der Waals surface area contributed by atoms with Gasteiger partial charge >= 0.3 is 0 Å². The number of carbonyl (C=O) groups is 1. The summed E-state index contributed by atoms with van der Waals surface area (Å²) >= 11 is 0. The van der Waals surface area contributed by atoms with Gasteiger partial charge in [-0.05, 0) is 51.0 Å². The van der Waals surface area contributed by atoms with Gasteiger partial charge in [-0.25, -0.2) is 0 Å². The average molecular weight is 320 g/mol. The topological polar surface area (TPSA) is 80.5 Å². The number of hydrogen-bond acceptors (Lipinski definition) is 6. The Hall–Kier alpha value is -1.47. The van der Waals surface area contributed by atoms with Crippen molar-refractivity contribution < 1.29 is 14.1 Å². The van der Waals surface area contributed by atoms with E-state index in [0.29, 0.717) is 17.9 Å². The number of nitrogens with zero attached hydrogens (tertiary/aromatic N) is 3. The van der Waals surface area contributed by atoms with Crippen LogP contribution in [0.1, 0.15) is 61.1 Å². The molecule has 3 heterocycles. The zero-order chi connectivity index (χ0) is 15.6. The summed E-state index contributed by atoms with van der Waals surface area (Å²) < 4.78 is 10.8. The second kappa shape index (κ2) is 6.57. The van der Waals surface area contributed by atoms with E-state index in [-0.39, 0.29) is 17.8 Å². The van der Waals surface area contributed by atoms with Gasteiger partial charge in [0.25, 0.3) is 11.7 Å². The Morgan fingerprint density at radius 3 is 2.83 bits per heavy atom. The van der Waals surface area contributed by atoms with Gasteiger partial charge in [0.05, 0.1) is 6.04 Å². The summed E-state index contributed by atoms with van der Waals surface area (Å²) in [6.45, 7) is 3.86. The first kappa shape index (κ1) is 15.1. The van der Waals surface area contributed by atoms with Crippen LogP contribution in [0.15, 0.2) is 4.52 Å². The first-order valence-electron chi connectivity index (χ1n) is 8.76. The third kappa shape index (κ3) is 3.55. The van der Waals surface area contributed by atoms with Crippen LogP contribution in [0.25, 0.3) is 0 Å². The van der Waals surface area contributed by atoms with Crippen LogP contribution in [0.4, 0.5) is 0 Å². The second-order valence-electron chi connectivity index (χ2n) is 6.91. The van der Waals surface area contributed by atoms with Gasteiger partial charge in [0.1, 0.15) is 0 Å². The minimum Gasteiger partial charge on any atom is -0.381 e. The van der Waals surface area contributed by atoms with Gasteiger partial charge < -0.3 is 14.6 Å². The van der Waals surface area contributed by atoms with Crippen molar-refractivity contribution in [3.63, 3.8) is 0 Å². The maximum atomic E-state index is 12.0. The summed E-state index contributed by atoms with van der Waals surface area (Å²) in [4.78, 5) is 18.8. The molecule has 7 heteroatoms. The highest BCUT2D eigenvalue weighted by molar-refractivity contribution is 5.90. The zero-order valence-electron chi connectivity index (χ0n) is 13.4. The third-order valence-corrected chi connectivity index (χ3v) is 5.04. The first-order valence-corrected chi connectivity index (χ1v) is 8.76. The van der Waals surface area contributed by atoms with E-state index in [1.807, 2.05) is 0 Å². The van der Waals surface area contributed by atoms with Crippen LogP contribution in [0.5, 0.6) is 0 Å². The fourth-order valence-corrected chi connectivity index (χ4v) is 3.53. The molecule has 1 atom stereocenters. The maximum Gasteiger partial charge on any atom is 0.292 e. The summed E-state index contributed by atoms with van der Waals surface area (Å²) in [5.74, 6) is 1.24. The Morgan fingerprint density at radius 1 is 1.22 bits per heavy atom. The van der Waals surface area contributed by atoms with E-state index in [1.165, 1.54) is 0 Å². The quantitative estimate of drug-likeness (QED) is 0.886. The first-order chi connectivity index (χ1) is 11.3. The van der Waals surface area contributed by atoms with Crippen LogP contribution in [0, 0.1) is 5.92 Å². The molecular weight excluding hydrogens is 296 g/mol. The molecule has 7 nitrogen and oxygen atoms in total. The lowest BCUT2D eigenvalue weighted by Gasteiger charge is -2.29. The third-order valence-electron chi connectivity index (χ3n) is 5.04. The van der Waals surface area contributed by atoms with Crippen molar-refractivity contribution in [3.05, 3.63) is 11.7 Å². The van der Waals surface area contributed by atoms with Crippen molar-refractivity contribution in [2.24, 2.45) is 5.92 Å². The molecule has 1 N–H and O–H groups in total. The number of ether oxygens (including phenoxy) is 1. The van der Waals surface area contributed by atoms with Crippen LogP contribution < -0.4 is 5.32 Å². The minimum absolute atomic E-state index is 0.160. The Balaban J connectivity index is 1.39. The zero-order valence-corrected chi connectivity index (χ0v) is 13.4. The molecule has 0 bridgehead atoms. The number of amides is 1. The summed E-state index contributed by atoms with van der Waals surface area (Å²) in [5, 5.41) is 6.78. The number of rotatable bonds is 5. The minimum atomic E-state index is -0.212. The molecule has 4 rings (SSSR count). The molecule has 0 unspecified atom stereocenters. The van der Waals surface area contributed by atoms with Crippen molar-refractivity contribution >= 4 is 5.91 Å². The molecule has 126 valence electrons. The van der Waals surface area contributed by atoms with Gasteiger partial charge in [-0.1, -0.05) is 5.16 Å². The maximum absolute atomic E-state index is 12.0. The van der Waals surface area contributed by atoms with E-state index in [1.54, 1.807) is 0 Å². The molecule has 0 radical (unpaired) electrons. The van der Waals surface area contributed by atoms with Crippen LogP contribution >= 0.6 is 0 Å². The molecule has 1 aromatic heterocycles. The van der Waals surface area contributed by atoms with Crippen molar-refractivity contribution in [1.82, 2.24) is 20.4 Å². The van der Waals surface area contributed by atoms with Gasteiger partial charge in [-0.3, -0.25) is 9.69 Å². The van der Waals surface area contributed by atoms with Gasteiger partial charge in [-0.2, -0.15) is 4.98 Å². The predicted octanol–water partition coefficient (Wildman–Crippen LogP) is 1.53. The molecule has 2 saturated heterocycles. The van der Waals surface area contributed by atoms with Crippen molar-refractivity contribution in [1.29, 1.82) is 0 Å². The Kier molecular flexibility index (Phi) is 4.31.